The Morgan fingerprint density at radius 2 is 1.49 bits per heavy atom. The first-order valence-electron chi connectivity index (χ1n) is 12.4. The zero-order valence-corrected chi connectivity index (χ0v) is 19.5. The Kier molecular flexibility index (Phi) is 4.85. The number of nitrogens with zero attached hydrogens (tertiary/aromatic N) is 3. The predicted molar refractivity (Wildman–Crippen MR) is 145 cm³/mol. The molecular formula is C31H26N4. The third-order valence-electron chi connectivity index (χ3n) is 7.41. The molecule has 0 unspecified atom stereocenters. The molecule has 0 aliphatic carbocycles. The lowest BCUT2D eigenvalue weighted by molar-refractivity contribution is 0.373. The molecule has 1 saturated heterocycles. The molecule has 6 aromatic rings. The smallest absolute Gasteiger partial charge is 0.160 e. The van der Waals surface area contributed by atoms with Crippen LogP contribution in [0.15, 0.2) is 97.5 Å². The molecule has 1 fully saturated rings. The van der Waals surface area contributed by atoms with E-state index in [0.29, 0.717) is 6.04 Å². The molecular weight excluding hydrogens is 428 g/mol. The molecule has 0 radical (unpaired) electrons. The van der Waals surface area contributed by atoms with Crippen molar-refractivity contribution in [2.45, 2.75) is 18.9 Å². The topological polar surface area (TPSA) is 42.7 Å². The number of hydrogen-bond donors (Lipinski definition) is 1. The number of imidazole rings is 1. The maximum absolute atomic E-state index is 5.03. The first-order valence-corrected chi connectivity index (χ1v) is 12.4. The second-order valence-electron chi connectivity index (χ2n) is 9.44. The molecule has 1 aliphatic rings. The number of hydrogen-bond acceptors (Lipinski definition) is 3. The van der Waals surface area contributed by atoms with Crippen LogP contribution >= 0.6 is 0 Å². The molecule has 4 aromatic carbocycles. The number of benzene rings is 4. The highest BCUT2D eigenvalue weighted by Gasteiger charge is 2.22. The first kappa shape index (κ1) is 20.4. The van der Waals surface area contributed by atoms with Gasteiger partial charge in [0.15, 0.2) is 5.65 Å². The van der Waals surface area contributed by atoms with Gasteiger partial charge in [-0.15, -0.1) is 0 Å². The summed E-state index contributed by atoms with van der Waals surface area (Å²) in [5, 5.41) is 8.41. The predicted octanol–water partition coefficient (Wildman–Crippen LogP) is 7.00. The normalized spacial score (nSPS) is 14.7. The van der Waals surface area contributed by atoms with Gasteiger partial charge in [-0.05, 0) is 64.7 Å². The number of pyridine rings is 1. The van der Waals surface area contributed by atoms with Crippen LogP contribution in [0.25, 0.3) is 55.0 Å². The van der Waals surface area contributed by atoms with Crippen molar-refractivity contribution in [2.75, 3.05) is 13.1 Å². The van der Waals surface area contributed by atoms with Crippen LogP contribution in [0.4, 0.5) is 0 Å². The summed E-state index contributed by atoms with van der Waals surface area (Å²) in [4.78, 5) is 10.0. The molecule has 0 atom stereocenters. The molecule has 1 aliphatic heterocycles. The number of aromatic nitrogens is 3. The highest BCUT2D eigenvalue weighted by atomic mass is 15.1. The average Bonchev–Trinajstić information content (AvgIpc) is 3.37. The average molecular weight is 455 g/mol. The fourth-order valence-electron chi connectivity index (χ4n) is 5.63. The third-order valence-corrected chi connectivity index (χ3v) is 7.41. The molecule has 35 heavy (non-hydrogen) atoms. The number of piperidine rings is 1. The van der Waals surface area contributed by atoms with Crippen molar-refractivity contribution < 1.29 is 0 Å². The van der Waals surface area contributed by atoms with Gasteiger partial charge in [0.25, 0.3) is 0 Å². The van der Waals surface area contributed by atoms with Gasteiger partial charge < -0.3 is 9.88 Å². The highest BCUT2D eigenvalue weighted by molar-refractivity contribution is 6.06. The lowest BCUT2D eigenvalue weighted by atomic mass is 9.91. The van der Waals surface area contributed by atoms with Crippen LogP contribution in [0.5, 0.6) is 0 Å². The van der Waals surface area contributed by atoms with E-state index in [1.807, 2.05) is 6.33 Å². The van der Waals surface area contributed by atoms with Crippen molar-refractivity contribution in [1.29, 1.82) is 0 Å². The van der Waals surface area contributed by atoms with E-state index in [9.17, 15) is 0 Å². The molecule has 7 rings (SSSR count). The second-order valence-corrected chi connectivity index (χ2v) is 9.44. The van der Waals surface area contributed by atoms with Gasteiger partial charge in [-0.25, -0.2) is 9.97 Å². The number of rotatable bonds is 3. The van der Waals surface area contributed by atoms with Gasteiger partial charge in [0.2, 0.25) is 0 Å². The van der Waals surface area contributed by atoms with E-state index >= 15 is 0 Å². The van der Waals surface area contributed by atoms with Crippen LogP contribution < -0.4 is 5.32 Å². The Morgan fingerprint density at radius 1 is 0.714 bits per heavy atom. The molecule has 0 spiro atoms. The van der Waals surface area contributed by atoms with Crippen molar-refractivity contribution in [1.82, 2.24) is 19.9 Å². The molecule has 0 bridgehead atoms. The summed E-state index contributed by atoms with van der Waals surface area (Å²) in [7, 11) is 0. The van der Waals surface area contributed by atoms with E-state index in [-0.39, 0.29) is 0 Å². The van der Waals surface area contributed by atoms with Gasteiger partial charge in [0.1, 0.15) is 5.52 Å². The van der Waals surface area contributed by atoms with Crippen molar-refractivity contribution in [3.63, 3.8) is 0 Å². The van der Waals surface area contributed by atoms with E-state index in [1.54, 1.807) is 0 Å². The van der Waals surface area contributed by atoms with Crippen LogP contribution in [0.3, 0.4) is 0 Å². The van der Waals surface area contributed by atoms with Crippen LogP contribution in [0.2, 0.25) is 0 Å². The largest absolute Gasteiger partial charge is 0.317 e. The van der Waals surface area contributed by atoms with Crippen LogP contribution in [-0.4, -0.2) is 27.6 Å². The van der Waals surface area contributed by atoms with E-state index in [1.165, 1.54) is 32.7 Å². The Balaban J connectivity index is 1.52. The highest BCUT2D eigenvalue weighted by Crippen LogP contribution is 2.40. The summed E-state index contributed by atoms with van der Waals surface area (Å²) >= 11 is 0. The molecule has 0 saturated carbocycles. The summed E-state index contributed by atoms with van der Waals surface area (Å²) < 4.78 is 2.30. The van der Waals surface area contributed by atoms with Gasteiger partial charge in [0, 0.05) is 23.4 Å². The molecule has 3 heterocycles. The SMILES string of the molecule is c1ccc2cc(-c3c(-c4cccc5ccccc45)cnc4c3ncn4C3CCNCC3)ccc2c1. The quantitative estimate of drug-likeness (QED) is 0.313. The van der Waals surface area contributed by atoms with Crippen LogP contribution in [0, 0.1) is 0 Å². The van der Waals surface area contributed by atoms with Gasteiger partial charge in [-0.3, -0.25) is 0 Å². The van der Waals surface area contributed by atoms with Crippen molar-refractivity contribution in [3.05, 3.63) is 97.5 Å². The molecule has 0 amide bonds. The Labute approximate surface area is 204 Å². The van der Waals surface area contributed by atoms with Crippen LogP contribution in [-0.2, 0) is 0 Å². The van der Waals surface area contributed by atoms with E-state index < -0.39 is 0 Å². The van der Waals surface area contributed by atoms with Gasteiger partial charge in [-0.2, -0.15) is 0 Å². The Morgan fingerprint density at radius 3 is 2.37 bits per heavy atom. The standard InChI is InChI=1S/C31H26N4/c1-2-8-23-18-24(13-12-21(23)6-1)29-28(27-11-5-9-22-7-3-4-10-26(22)27)19-33-31-30(29)34-20-35(31)25-14-16-32-17-15-25/h1-13,18-20,25,32H,14-17H2. The Bertz CT molecular complexity index is 1690. The van der Waals surface area contributed by atoms with Gasteiger partial charge >= 0.3 is 0 Å². The van der Waals surface area contributed by atoms with E-state index in [0.717, 1.165) is 48.2 Å². The van der Waals surface area contributed by atoms with Gasteiger partial charge in [0.05, 0.1) is 6.33 Å². The van der Waals surface area contributed by atoms with Crippen molar-refractivity contribution in [2.24, 2.45) is 0 Å². The maximum atomic E-state index is 5.03. The minimum Gasteiger partial charge on any atom is -0.317 e. The fraction of sp³-hybridized carbons (Fsp3) is 0.161. The zero-order valence-electron chi connectivity index (χ0n) is 19.5. The zero-order chi connectivity index (χ0) is 23.2. The minimum absolute atomic E-state index is 0.432. The fourth-order valence-corrected chi connectivity index (χ4v) is 5.63. The summed E-state index contributed by atoms with van der Waals surface area (Å²) in [6, 6.07) is 30.8. The van der Waals surface area contributed by atoms with Crippen LogP contribution in [0.1, 0.15) is 18.9 Å². The van der Waals surface area contributed by atoms with Crippen molar-refractivity contribution >= 4 is 32.7 Å². The molecule has 4 heteroatoms. The van der Waals surface area contributed by atoms with Crippen molar-refractivity contribution in [3.8, 4) is 22.3 Å². The minimum atomic E-state index is 0.432. The van der Waals surface area contributed by atoms with E-state index in [2.05, 4.69) is 101 Å². The maximum Gasteiger partial charge on any atom is 0.160 e. The lowest BCUT2D eigenvalue weighted by Gasteiger charge is -2.24. The monoisotopic (exact) mass is 454 g/mol. The molecule has 170 valence electrons. The van der Waals surface area contributed by atoms with Gasteiger partial charge in [-0.1, -0.05) is 78.9 Å². The van der Waals surface area contributed by atoms with E-state index in [4.69, 9.17) is 9.97 Å². The number of nitrogens with one attached hydrogen (secondary N) is 1. The second kappa shape index (κ2) is 8.33. The molecule has 4 nitrogen and oxygen atoms in total. The molecule has 1 N–H and O–H groups in total. The molecule has 2 aromatic heterocycles. The number of fused-ring (bicyclic) bond motifs is 3. The Hall–Kier alpha value is -4.02. The summed E-state index contributed by atoms with van der Waals surface area (Å²) in [5.74, 6) is 0. The first-order chi connectivity index (χ1) is 17.4. The lowest BCUT2D eigenvalue weighted by Crippen LogP contribution is -2.29. The summed E-state index contributed by atoms with van der Waals surface area (Å²) in [5.41, 5.74) is 6.60. The summed E-state index contributed by atoms with van der Waals surface area (Å²) in [6.07, 6.45) is 6.27. The third kappa shape index (κ3) is 3.41. The summed E-state index contributed by atoms with van der Waals surface area (Å²) in [6.45, 7) is 2.08.